The molecule has 0 aliphatic heterocycles. The fourth-order valence-corrected chi connectivity index (χ4v) is 2.57. The second-order valence-electron chi connectivity index (χ2n) is 5.33. The van der Waals surface area contributed by atoms with Gasteiger partial charge in [0.25, 0.3) is 5.69 Å². The van der Waals surface area contributed by atoms with Gasteiger partial charge in [-0.05, 0) is 18.6 Å². The van der Waals surface area contributed by atoms with Gasteiger partial charge in [-0.1, -0.05) is 30.3 Å². The van der Waals surface area contributed by atoms with Crippen molar-refractivity contribution in [1.29, 1.82) is 0 Å². The summed E-state index contributed by atoms with van der Waals surface area (Å²) in [6, 6.07) is 11.5. The molecule has 0 aliphatic rings. The van der Waals surface area contributed by atoms with Crippen molar-refractivity contribution in [2.75, 3.05) is 0 Å². The zero-order valence-corrected chi connectivity index (χ0v) is 15.2. The Kier molecular flexibility index (Phi) is 7.16. The quantitative estimate of drug-likeness (QED) is 0.297. The van der Waals surface area contributed by atoms with Crippen molar-refractivity contribution in [2.24, 2.45) is 0 Å². The lowest BCUT2D eigenvalue weighted by Gasteiger charge is -2.13. The lowest BCUT2D eigenvalue weighted by atomic mass is 10.2. The minimum absolute atomic E-state index is 0.128. The topological polar surface area (TPSA) is 134 Å². The number of nitro benzene ring substituents is 2. The average Bonchev–Trinajstić information content (AvgIpc) is 2.66. The number of nitrogens with one attached hydrogen (secondary N) is 1. The Balaban J connectivity index is 1.87. The number of ether oxygens (including phenoxy) is 1. The van der Waals surface area contributed by atoms with Crippen molar-refractivity contribution in [3.05, 3.63) is 74.3 Å². The first-order chi connectivity index (χ1) is 12.9. The number of carbonyl (C=O) groups is 1. The molecule has 0 fully saturated rings. The van der Waals surface area contributed by atoms with Crippen LogP contribution >= 0.6 is 8.96 Å². The van der Waals surface area contributed by atoms with Gasteiger partial charge in [0.15, 0.2) is 0 Å². The Morgan fingerprint density at radius 1 is 1.15 bits per heavy atom. The Bertz CT molecular complexity index is 832. The molecule has 0 heterocycles. The highest BCUT2D eigenvalue weighted by molar-refractivity contribution is 7.30. The lowest BCUT2D eigenvalue weighted by Crippen LogP contribution is -2.30. The standard InChI is InChI=1S/C16H16N3O7P/c1-11(16(20)25-10-12-5-3-2-4-6-12)17-27-26-15-8-7-13(18(21)22)9-14(15)19(23)24/h2-9,11,17,27H,10H2,1H3. The highest BCUT2D eigenvalue weighted by Gasteiger charge is 2.21. The van der Waals surface area contributed by atoms with E-state index in [1.54, 1.807) is 6.92 Å². The van der Waals surface area contributed by atoms with Crippen LogP contribution in [-0.2, 0) is 16.1 Å². The molecule has 11 heteroatoms. The number of hydrogen-bond donors (Lipinski definition) is 1. The first-order valence-corrected chi connectivity index (χ1v) is 8.60. The van der Waals surface area contributed by atoms with E-state index in [0.717, 1.165) is 23.8 Å². The summed E-state index contributed by atoms with van der Waals surface area (Å²) in [6.45, 7) is 1.69. The molecule has 0 spiro atoms. The monoisotopic (exact) mass is 393 g/mol. The van der Waals surface area contributed by atoms with Gasteiger partial charge < -0.3 is 9.26 Å². The molecule has 0 radical (unpaired) electrons. The minimum atomic E-state index is -0.773. The highest BCUT2D eigenvalue weighted by Crippen LogP contribution is 2.33. The maximum Gasteiger partial charge on any atom is 0.323 e. The molecular formula is C16H16N3O7P. The molecule has 2 atom stereocenters. The molecule has 2 aromatic rings. The van der Waals surface area contributed by atoms with Crippen molar-refractivity contribution in [2.45, 2.75) is 19.6 Å². The minimum Gasteiger partial charge on any atom is -0.460 e. The van der Waals surface area contributed by atoms with E-state index in [4.69, 9.17) is 9.26 Å². The maximum absolute atomic E-state index is 11.9. The van der Waals surface area contributed by atoms with Gasteiger partial charge in [-0.3, -0.25) is 30.1 Å². The zero-order chi connectivity index (χ0) is 19.8. The average molecular weight is 393 g/mol. The molecule has 1 N–H and O–H groups in total. The highest BCUT2D eigenvalue weighted by atomic mass is 31.1. The maximum atomic E-state index is 11.9. The molecule has 0 saturated heterocycles. The summed E-state index contributed by atoms with van der Waals surface area (Å²) in [7, 11) is -0.491. The van der Waals surface area contributed by atoms with E-state index in [9.17, 15) is 25.0 Å². The third kappa shape index (κ3) is 5.98. The summed E-state index contributed by atoms with van der Waals surface area (Å²) in [5.41, 5.74) is -0.0979. The van der Waals surface area contributed by atoms with Crippen molar-refractivity contribution in [1.82, 2.24) is 5.09 Å². The molecule has 0 saturated carbocycles. The third-order valence-electron chi connectivity index (χ3n) is 3.36. The van der Waals surface area contributed by atoms with Crippen LogP contribution in [0.5, 0.6) is 5.75 Å². The van der Waals surface area contributed by atoms with E-state index in [2.05, 4.69) is 5.09 Å². The fraction of sp³-hybridized carbons (Fsp3) is 0.188. The van der Waals surface area contributed by atoms with E-state index in [-0.39, 0.29) is 12.4 Å². The Morgan fingerprint density at radius 2 is 1.85 bits per heavy atom. The van der Waals surface area contributed by atoms with Crippen molar-refractivity contribution >= 4 is 26.3 Å². The van der Waals surface area contributed by atoms with Gasteiger partial charge in [-0.2, -0.15) is 0 Å². The van der Waals surface area contributed by atoms with Crippen molar-refractivity contribution in [3.63, 3.8) is 0 Å². The smallest absolute Gasteiger partial charge is 0.323 e. The van der Waals surface area contributed by atoms with Crippen LogP contribution in [0.3, 0.4) is 0 Å². The van der Waals surface area contributed by atoms with E-state index in [0.29, 0.717) is 0 Å². The van der Waals surface area contributed by atoms with Gasteiger partial charge in [0.2, 0.25) is 5.75 Å². The molecule has 0 aliphatic carbocycles. The SMILES string of the molecule is CC(NPOc1ccc([N+](=O)[O-])cc1[N+](=O)[O-])C(=O)OCc1ccccc1. The summed E-state index contributed by atoms with van der Waals surface area (Å²) < 4.78 is 10.4. The summed E-state index contributed by atoms with van der Waals surface area (Å²) in [6.07, 6.45) is 0. The number of non-ortho nitro benzene ring substituents is 1. The molecule has 0 aromatic heterocycles. The summed E-state index contributed by atoms with van der Waals surface area (Å²) in [5.74, 6) is -0.644. The van der Waals surface area contributed by atoms with Gasteiger partial charge in [0.1, 0.15) is 21.6 Å². The largest absolute Gasteiger partial charge is 0.460 e. The normalized spacial score (nSPS) is 11.9. The van der Waals surface area contributed by atoms with Gasteiger partial charge in [-0.25, -0.2) is 0 Å². The predicted octanol–water partition coefficient (Wildman–Crippen LogP) is 3.11. The number of hydrogen-bond acceptors (Lipinski definition) is 8. The molecule has 27 heavy (non-hydrogen) atoms. The Hall–Kier alpha value is -3.10. The number of nitro groups is 2. The van der Waals surface area contributed by atoms with Crippen molar-refractivity contribution in [3.8, 4) is 5.75 Å². The molecule has 2 unspecified atom stereocenters. The van der Waals surface area contributed by atoms with E-state index < -0.39 is 42.2 Å². The second kappa shape index (κ2) is 9.56. The second-order valence-corrected chi connectivity index (χ2v) is 6.03. The number of rotatable bonds is 9. The molecule has 10 nitrogen and oxygen atoms in total. The van der Waals surface area contributed by atoms with Crippen LogP contribution in [0.4, 0.5) is 11.4 Å². The lowest BCUT2D eigenvalue weighted by molar-refractivity contribution is -0.394. The van der Waals surface area contributed by atoms with Gasteiger partial charge in [0.05, 0.1) is 15.9 Å². The number of benzene rings is 2. The first-order valence-electron chi connectivity index (χ1n) is 7.69. The molecular weight excluding hydrogens is 377 g/mol. The van der Waals surface area contributed by atoms with Crippen LogP contribution < -0.4 is 9.61 Å². The molecule has 0 bridgehead atoms. The zero-order valence-electron chi connectivity index (χ0n) is 14.2. The number of carbonyl (C=O) groups excluding carboxylic acids is 1. The molecule has 142 valence electrons. The van der Waals surface area contributed by atoms with Crippen LogP contribution in [-0.4, -0.2) is 21.9 Å². The summed E-state index contributed by atoms with van der Waals surface area (Å²) in [5, 5.41) is 24.5. The molecule has 2 rings (SSSR count). The van der Waals surface area contributed by atoms with Crippen LogP contribution in [0, 0.1) is 20.2 Å². The number of esters is 1. The predicted molar refractivity (Wildman–Crippen MR) is 97.5 cm³/mol. The van der Waals surface area contributed by atoms with Crippen LogP contribution in [0.15, 0.2) is 48.5 Å². The van der Waals surface area contributed by atoms with Crippen LogP contribution in [0.25, 0.3) is 0 Å². The van der Waals surface area contributed by atoms with Crippen molar-refractivity contribution < 1.29 is 23.9 Å². The number of nitrogens with zero attached hydrogens (tertiary/aromatic N) is 2. The van der Waals surface area contributed by atoms with Crippen LogP contribution in [0.1, 0.15) is 12.5 Å². The van der Waals surface area contributed by atoms with Crippen LogP contribution in [0.2, 0.25) is 0 Å². The first kappa shape index (κ1) is 20.2. The van der Waals surface area contributed by atoms with Gasteiger partial charge in [-0.15, -0.1) is 0 Å². The van der Waals surface area contributed by atoms with Gasteiger partial charge in [0, 0.05) is 6.07 Å². The molecule has 2 aromatic carbocycles. The molecule has 0 amide bonds. The summed E-state index contributed by atoms with van der Waals surface area (Å²) in [4.78, 5) is 32.2. The van der Waals surface area contributed by atoms with Gasteiger partial charge >= 0.3 is 11.7 Å². The fourth-order valence-electron chi connectivity index (χ4n) is 1.93. The van der Waals surface area contributed by atoms with E-state index in [1.165, 1.54) is 0 Å². The Morgan fingerprint density at radius 3 is 2.48 bits per heavy atom. The Labute approximate surface area is 155 Å². The summed E-state index contributed by atoms with van der Waals surface area (Å²) >= 11 is 0. The van der Waals surface area contributed by atoms with E-state index in [1.807, 2.05) is 30.3 Å². The third-order valence-corrected chi connectivity index (χ3v) is 4.24. The van der Waals surface area contributed by atoms with E-state index >= 15 is 0 Å².